The van der Waals surface area contributed by atoms with E-state index in [1.54, 1.807) is 29.2 Å². The van der Waals surface area contributed by atoms with Crippen molar-refractivity contribution in [2.24, 2.45) is 0 Å². The van der Waals surface area contributed by atoms with Gasteiger partial charge in [-0.1, -0.05) is 12.1 Å². The van der Waals surface area contributed by atoms with Gasteiger partial charge in [-0.05, 0) is 48.2 Å². The largest absolute Gasteiger partial charge is 0.393 e. The van der Waals surface area contributed by atoms with Gasteiger partial charge in [0.2, 0.25) is 0 Å². The molecule has 5 heteroatoms. The van der Waals surface area contributed by atoms with Gasteiger partial charge in [-0.2, -0.15) is 0 Å². The number of rotatable bonds is 2. The molecule has 1 aliphatic heterocycles. The van der Waals surface area contributed by atoms with E-state index >= 15 is 0 Å². The maximum absolute atomic E-state index is 13.3. The summed E-state index contributed by atoms with van der Waals surface area (Å²) in [7, 11) is 0. The molecule has 0 unspecified atom stereocenters. The summed E-state index contributed by atoms with van der Waals surface area (Å²) in [6, 6.07) is 10.0. The lowest BCUT2D eigenvalue weighted by Gasteiger charge is -2.29. The van der Waals surface area contributed by atoms with Gasteiger partial charge in [-0.25, -0.2) is 8.78 Å². The van der Waals surface area contributed by atoms with Gasteiger partial charge in [0.05, 0.1) is 6.10 Å². The average molecular weight is 317 g/mol. The van der Waals surface area contributed by atoms with Crippen LogP contribution in [0.25, 0.3) is 11.1 Å². The molecule has 1 heterocycles. The molecule has 2 aromatic rings. The van der Waals surface area contributed by atoms with Gasteiger partial charge in [-0.15, -0.1) is 0 Å². The Morgan fingerprint density at radius 3 is 2.09 bits per heavy atom. The summed E-state index contributed by atoms with van der Waals surface area (Å²) in [4.78, 5) is 14.1. The van der Waals surface area contributed by atoms with Crippen LogP contribution in [0.15, 0.2) is 42.5 Å². The first-order valence-electron chi connectivity index (χ1n) is 7.57. The number of hydrogen-bond acceptors (Lipinski definition) is 2. The second-order valence-corrected chi connectivity index (χ2v) is 5.76. The molecule has 1 fully saturated rings. The van der Waals surface area contributed by atoms with E-state index in [4.69, 9.17) is 0 Å². The number of hydrogen-bond donors (Lipinski definition) is 1. The Balaban J connectivity index is 1.77. The summed E-state index contributed by atoms with van der Waals surface area (Å²) < 4.78 is 26.5. The predicted molar refractivity (Wildman–Crippen MR) is 82.9 cm³/mol. The average Bonchev–Trinajstić information content (AvgIpc) is 2.54. The van der Waals surface area contributed by atoms with Crippen LogP contribution in [0.3, 0.4) is 0 Å². The SMILES string of the molecule is O=C(c1ccc(-c2cc(F)cc(F)c2)cc1)N1CCC(O)CC1. The maximum Gasteiger partial charge on any atom is 0.253 e. The first-order valence-corrected chi connectivity index (χ1v) is 7.57. The Labute approximate surface area is 133 Å². The van der Waals surface area contributed by atoms with Crippen LogP contribution in [0, 0.1) is 11.6 Å². The minimum atomic E-state index is -0.632. The number of carbonyl (C=O) groups is 1. The van der Waals surface area contributed by atoms with Crippen molar-refractivity contribution in [1.29, 1.82) is 0 Å². The van der Waals surface area contributed by atoms with E-state index in [1.807, 2.05) is 0 Å². The highest BCUT2D eigenvalue weighted by atomic mass is 19.1. The smallest absolute Gasteiger partial charge is 0.253 e. The normalized spacial score (nSPS) is 15.7. The number of piperidine rings is 1. The highest BCUT2D eigenvalue weighted by Crippen LogP contribution is 2.23. The lowest BCUT2D eigenvalue weighted by atomic mass is 10.0. The molecule has 1 N–H and O–H groups in total. The van der Waals surface area contributed by atoms with Crippen LogP contribution in [0.4, 0.5) is 8.78 Å². The summed E-state index contributed by atoms with van der Waals surface area (Å²) in [5.41, 5.74) is 1.61. The van der Waals surface area contributed by atoms with Crippen molar-refractivity contribution in [1.82, 2.24) is 4.90 Å². The van der Waals surface area contributed by atoms with Crippen molar-refractivity contribution in [2.45, 2.75) is 18.9 Å². The summed E-state index contributed by atoms with van der Waals surface area (Å²) in [6.07, 6.45) is 0.850. The zero-order valence-corrected chi connectivity index (χ0v) is 12.5. The number of aliphatic hydroxyl groups is 1. The first kappa shape index (κ1) is 15.6. The van der Waals surface area contributed by atoms with Crippen LogP contribution in [0.1, 0.15) is 23.2 Å². The third-order valence-electron chi connectivity index (χ3n) is 4.08. The van der Waals surface area contributed by atoms with E-state index < -0.39 is 11.6 Å². The molecule has 0 aromatic heterocycles. The van der Waals surface area contributed by atoms with Crippen molar-refractivity contribution in [3.63, 3.8) is 0 Å². The molecule has 0 bridgehead atoms. The van der Waals surface area contributed by atoms with Crippen molar-refractivity contribution in [3.8, 4) is 11.1 Å². The van der Waals surface area contributed by atoms with E-state index in [1.165, 1.54) is 12.1 Å². The molecule has 0 saturated carbocycles. The summed E-state index contributed by atoms with van der Waals surface area (Å²) in [5, 5.41) is 9.49. The molecular formula is C18H17F2NO2. The Bertz CT molecular complexity index is 687. The van der Waals surface area contributed by atoms with Crippen molar-refractivity contribution in [3.05, 3.63) is 59.7 Å². The van der Waals surface area contributed by atoms with Gasteiger partial charge in [0.25, 0.3) is 5.91 Å². The van der Waals surface area contributed by atoms with Crippen LogP contribution in [-0.2, 0) is 0 Å². The molecule has 120 valence electrons. The van der Waals surface area contributed by atoms with E-state index in [2.05, 4.69) is 0 Å². The fraction of sp³-hybridized carbons (Fsp3) is 0.278. The van der Waals surface area contributed by atoms with Crippen LogP contribution < -0.4 is 0 Å². The minimum Gasteiger partial charge on any atom is -0.393 e. The van der Waals surface area contributed by atoms with Gasteiger partial charge < -0.3 is 10.0 Å². The molecule has 0 radical (unpaired) electrons. The van der Waals surface area contributed by atoms with Crippen molar-refractivity contribution < 1.29 is 18.7 Å². The third-order valence-corrected chi connectivity index (χ3v) is 4.08. The fourth-order valence-corrected chi connectivity index (χ4v) is 2.78. The monoisotopic (exact) mass is 317 g/mol. The van der Waals surface area contributed by atoms with Gasteiger partial charge >= 0.3 is 0 Å². The molecule has 1 amide bonds. The van der Waals surface area contributed by atoms with Gasteiger partial charge in [-0.3, -0.25) is 4.79 Å². The topological polar surface area (TPSA) is 40.5 Å². The molecule has 3 nitrogen and oxygen atoms in total. The van der Waals surface area contributed by atoms with E-state index in [-0.39, 0.29) is 12.0 Å². The fourth-order valence-electron chi connectivity index (χ4n) is 2.78. The molecule has 2 aromatic carbocycles. The molecule has 0 spiro atoms. The van der Waals surface area contributed by atoms with E-state index in [0.29, 0.717) is 42.6 Å². The van der Waals surface area contributed by atoms with Crippen LogP contribution in [0.5, 0.6) is 0 Å². The van der Waals surface area contributed by atoms with Crippen LogP contribution in [-0.4, -0.2) is 35.1 Å². The van der Waals surface area contributed by atoms with Crippen LogP contribution in [0.2, 0.25) is 0 Å². The Kier molecular flexibility index (Phi) is 4.39. The van der Waals surface area contributed by atoms with Crippen molar-refractivity contribution in [2.75, 3.05) is 13.1 Å². The highest BCUT2D eigenvalue weighted by molar-refractivity contribution is 5.94. The molecule has 1 aliphatic rings. The summed E-state index contributed by atoms with van der Waals surface area (Å²) in [5.74, 6) is -1.35. The molecule has 0 aliphatic carbocycles. The standard InChI is InChI=1S/C18H17F2NO2/c19-15-9-14(10-16(20)11-15)12-1-3-13(4-2-12)18(23)21-7-5-17(22)6-8-21/h1-4,9-11,17,22H,5-8H2. The lowest BCUT2D eigenvalue weighted by molar-refractivity contribution is 0.0546. The Hall–Kier alpha value is -2.27. The number of likely N-dealkylation sites (tertiary alicyclic amines) is 1. The van der Waals surface area contributed by atoms with Crippen LogP contribution >= 0.6 is 0 Å². The molecule has 3 rings (SSSR count). The number of nitrogens with zero attached hydrogens (tertiary/aromatic N) is 1. The second kappa shape index (κ2) is 6.46. The summed E-state index contributed by atoms with van der Waals surface area (Å²) >= 11 is 0. The molecule has 0 atom stereocenters. The van der Waals surface area contributed by atoms with E-state index in [0.717, 1.165) is 6.07 Å². The van der Waals surface area contributed by atoms with Gasteiger partial charge in [0, 0.05) is 24.7 Å². The number of carbonyl (C=O) groups excluding carboxylic acids is 1. The number of aliphatic hydroxyl groups excluding tert-OH is 1. The van der Waals surface area contributed by atoms with Crippen molar-refractivity contribution >= 4 is 5.91 Å². The number of benzene rings is 2. The summed E-state index contributed by atoms with van der Waals surface area (Å²) in [6.45, 7) is 1.08. The third kappa shape index (κ3) is 3.56. The minimum absolute atomic E-state index is 0.0890. The Morgan fingerprint density at radius 2 is 1.52 bits per heavy atom. The quantitative estimate of drug-likeness (QED) is 0.924. The van der Waals surface area contributed by atoms with Gasteiger partial charge in [0.15, 0.2) is 0 Å². The number of amides is 1. The molecule has 1 saturated heterocycles. The zero-order chi connectivity index (χ0) is 16.4. The molecule has 23 heavy (non-hydrogen) atoms. The Morgan fingerprint density at radius 1 is 0.957 bits per heavy atom. The predicted octanol–water partition coefficient (Wildman–Crippen LogP) is 3.23. The second-order valence-electron chi connectivity index (χ2n) is 5.76. The lowest BCUT2D eigenvalue weighted by Crippen LogP contribution is -2.40. The maximum atomic E-state index is 13.3. The zero-order valence-electron chi connectivity index (χ0n) is 12.5. The van der Waals surface area contributed by atoms with E-state index in [9.17, 15) is 18.7 Å². The van der Waals surface area contributed by atoms with Gasteiger partial charge in [0.1, 0.15) is 11.6 Å². The molecular weight excluding hydrogens is 300 g/mol. The number of halogens is 2. The first-order chi connectivity index (χ1) is 11.0. The highest BCUT2D eigenvalue weighted by Gasteiger charge is 2.22.